The number of H-pyrrole nitrogens is 3. The van der Waals surface area contributed by atoms with Crippen LogP contribution in [0.15, 0.2) is 14.4 Å². The van der Waals surface area contributed by atoms with Crippen LogP contribution in [0.4, 0.5) is 0 Å². The van der Waals surface area contributed by atoms with Crippen LogP contribution in [-0.4, -0.2) is 19.6 Å². The van der Waals surface area contributed by atoms with Crippen molar-refractivity contribution in [3.63, 3.8) is 0 Å². The second kappa shape index (κ2) is 3.58. The summed E-state index contributed by atoms with van der Waals surface area (Å²) in [7, 11) is 0. The fourth-order valence-electron chi connectivity index (χ4n) is 1.09. The lowest BCUT2D eigenvalue weighted by atomic mass is 10.5. The van der Waals surface area contributed by atoms with Gasteiger partial charge in [-0.1, -0.05) is 0 Å². The molecule has 2 rings (SSSR count). The molecule has 2 heterocycles. The molecule has 0 aliphatic heterocycles. The first kappa shape index (κ1) is 11.0. The van der Waals surface area contributed by atoms with Crippen LogP contribution in [0, 0.1) is 6.57 Å². The highest BCUT2D eigenvalue weighted by Gasteiger charge is 2.12. The van der Waals surface area contributed by atoms with Crippen molar-refractivity contribution in [3.8, 4) is 0 Å². The Morgan fingerprint density at radius 3 is 2.40 bits per heavy atom. The second-order valence-electron chi connectivity index (χ2n) is 2.48. The van der Waals surface area contributed by atoms with Crippen LogP contribution in [0.5, 0.6) is 0 Å². The summed E-state index contributed by atoms with van der Waals surface area (Å²) >= 11 is 0. The van der Waals surface area contributed by atoms with Crippen molar-refractivity contribution in [1.82, 2.24) is 19.6 Å². The second-order valence-corrected chi connectivity index (χ2v) is 2.48. The number of rotatable bonds is 0. The molecule has 9 heteroatoms. The van der Waals surface area contributed by atoms with Gasteiger partial charge in [-0.15, -0.1) is 21.9 Å². The SMILES string of the molecule is Br.[C-]#[N+]n1c(=O)[nH]c2[nH]c(=O)[nH]c2c1=O. The number of nitrogens with zero attached hydrogens (tertiary/aromatic N) is 2. The largest absolute Gasteiger partial charge is 0.398 e. The van der Waals surface area contributed by atoms with E-state index in [1.807, 2.05) is 0 Å². The van der Waals surface area contributed by atoms with Crippen molar-refractivity contribution in [1.29, 1.82) is 0 Å². The third-order valence-electron chi connectivity index (χ3n) is 1.66. The quantitative estimate of drug-likeness (QED) is 0.534. The third-order valence-corrected chi connectivity index (χ3v) is 1.66. The number of fused-ring (bicyclic) bond motifs is 1. The summed E-state index contributed by atoms with van der Waals surface area (Å²) in [5.74, 6) is 0. The molecule has 0 saturated carbocycles. The number of aromatic nitrogens is 4. The Morgan fingerprint density at radius 1 is 1.13 bits per heavy atom. The van der Waals surface area contributed by atoms with Gasteiger partial charge in [0.2, 0.25) is 0 Å². The Hall–Kier alpha value is -2.08. The minimum absolute atomic E-state index is 0. The van der Waals surface area contributed by atoms with Gasteiger partial charge < -0.3 is 0 Å². The number of imidazole rings is 1. The highest BCUT2D eigenvalue weighted by Crippen LogP contribution is 1.91. The molecule has 0 atom stereocenters. The first-order valence-electron chi connectivity index (χ1n) is 3.48. The summed E-state index contributed by atoms with van der Waals surface area (Å²) in [6.07, 6.45) is 0. The van der Waals surface area contributed by atoms with E-state index in [0.717, 1.165) is 0 Å². The third kappa shape index (κ3) is 1.50. The zero-order valence-electron chi connectivity index (χ0n) is 7.03. The highest BCUT2D eigenvalue weighted by atomic mass is 79.9. The zero-order valence-corrected chi connectivity index (χ0v) is 8.74. The Bertz CT molecular complexity index is 711. The average Bonchev–Trinajstić information content (AvgIpc) is 2.47. The monoisotopic (exact) mass is 273 g/mol. The molecule has 0 radical (unpaired) electrons. The van der Waals surface area contributed by atoms with Crippen molar-refractivity contribution in [2.24, 2.45) is 0 Å². The Kier molecular flexibility index (Phi) is 2.63. The van der Waals surface area contributed by atoms with Crippen molar-refractivity contribution >= 4 is 28.1 Å². The molecule has 78 valence electrons. The minimum atomic E-state index is -0.882. The molecular formula is C6H4BrN5O3. The molecule has 0 aromatic carbocycles. The van der Waals surface area contributed by atoms with Gasteiger partial charge in [-0.3, -0.25) is 19.7 Å². The van der Waals surface area contributed by atoms with Gasteiger partial charge in [0.1, 0.15) is 5.65 Å². The molecular weight excluding hydrogens is 270 g/mol. The van der Waals surface area contributed by atoms with E-state index in [2.05, 4.69) is 19.9 Å². The van der Waals surface area contributed by atoms with Gasteiger partial charge in [0.25, 0.3) is 0 Å². The maximum atomic E-state index is 11.3. The lowest BCUT2D eigenvalue weighted by molar-refractivity contribution is 0.891. The van der Waals surface area contributed by atoms with Gasteiger partial charge in [0, 0.05) is 0 Å². The van der Waals surface area contributed by atoms with Gasteiger partial charge >= 0.3 is 16.9 Å². The van der Waals surface area contributed by atoms with Crippen LogP contribution < -0.4 is 16.9 Å². The van der Waals surface area contributed by atoms with E-state index in [4.69, 9.17) is 6.57 Å². The molecule has 8 nitrogen and oxygen atoms in total. The van der Waals surface area contributed by atoms with E-state index in [1.54, 1.807) is 0 Å². The van der Waals surface area contributed by atoms with E-state index >= 15 is 0 Å². The smallest absolute Gasteiger partial charge is 0.300 e. The van der Waals surface area contributed by atoms with E-state index in [-0.39, 0.29) is 28.1 Å². The van der Waals surface area contributed by atoms with E-state index in [1.165, 1.54) is 0 Å². The predicted octanol–water partition coefficient (Wildman–Crippen LogP) is -1.03. The molecule has 0 spiro atoms. The molecule has 0 fully saturated rings. The van der Waals surface area contributed by atoms with Crippen LogP contribution in [0.1, 0.15) is 0 Å². The standard InChI is InChI=1S/C6H3N5O3.BrH/c1-7-11-4(12)2-3(10-6(11)14)9-5(13)8-2;/h(H,10,14)(H2,8,9,13);1H. The first-order chi connectivity index (χ1) is 6.63. The Balaban J connectivity index is 0.00000112. The van der Waals surface area contributed by atoms with E-state index < -0.39 is 16.9 Å². The van der Waals surface area contributed by atoms with Crippen molar-refractivity contribution in [3.05, 3.63) is 42.8 Å². The number of hydrogen-bond donors (Lipinski definition) is 3. The summed E-state index contributed by atoms with van der Waals surface area (Å²) in [5, 5.41) is 0. The molecule has 0 aliphatic carbocycles. The molecule has 0 unspecified atom stereocenters. The maximum Gasteiger partial charge on any atom is 0.398 e. The summed E-state index contributed by atoms with van der Waals surface area (Å²) in [6.45, 7) is 6.57. The van der Waals surface area contributed by atoms with E-state index in [9.17, 15) is 14.4 Å². The van der Waals surface area contributed by atoms with Crippen LogP contribution in [0.25, 0.3) is 16.1 Å². The number of hydrogen-bond acceptors (Lipinski definition) is 3. The number of nitrogens with one attached hydrogen (secondary N) is 3. The van der Waals surface area contributed by atoms with Crippen molar-refractivity contribution in [2.75, 3.05) is 0 Å². The molecule has 0 aliphatic rings. The van der Waals surface area contributed by atoms with Crippen molar-refractivity contribution < 1.29 is 0 Å². The Labute approximate surface area is 91.1 Å². The lowest BCUT2D eigenvalue weighted by Crippen LogP contribution is -2.30. The van der Waals surface area contributed by atoms with Crippen LogP contribution in [0.3, 0.4) is 0 Å². The summed E-state index contributed by atoms with van der Waals surface area (Å²) < 4.78 is 0.298. The van der Waals surface area contributed by atoms with Crippen molar-refractivity contribution in [2.45, 2.75) is 0 Å². The predicted molar refractivity (Wildman–Crippen MR) is 56.1 cm³/mol. The number of aromatic amines is 3. The summed E-state index contributed by atoms with van der Waals surface area (Å²) in [6, 6.07) is 0. The van der Waals surface area contributed by atoms with Gasteiger partial charge in [-0.05, 0) is 0 Å². The maximum absolute atomic E-state index is 11.3. The normalized spacial score (nSPS) is 9.53. The van der Waals surface area contributed by atoms with Crippen LogP contribution >= 0.6 is 17.0 Å². The lowest BCUT2D eigenvalue weighted by Gasteiger charge is -1.87. The topological polar surface area (TPSA) is 108 Å². The molecule has 0 saturated heterocycles. The molecule has 3 N–H and O–H groups in total. The Morgan fingerprint density at radius 2 is 1.80 bits per heavy atom. The van der Waals surface area contributed by atoms with Gasteiger partial charge in [-0.2, -0.15) is 6.57 Å². The van der Waals surface area contributed by atoms with Crippen LogP contribution in [-0.2, 0) is 0 Å². The van der Waals surface area contributed by atoms with Gasteiger partial charge in [0.15, 0.2) is 5.52 Å². The zero-order chi connectivity index (χ0) is 10.3. The number of halogens is 1. The fraction of sp³-hybridized carbons (Fsp3) is 0. The van der Waals surface area contributed by atoms with Gasteiger partial charge in [-0.25, -0.2) is 9.59 Å². The first-order valence-corrected chi connectivity index (χ1v) is 3.48. The van der Waals surface area contributed by atoms with E-state index in [0.29, 0.717) is 4.68 Å². The molecule has 2 aromatic heterocycles. The van der Waals surface area contributed by atoms with Crippen LogP contribution in [0.2, 0.25) is 0 Å². The summed E-state index contributed by atoms with van der Waals surface area (Å²) in [5.41, 5.74) is -2.48. The molecule has 15 heavy (non-hydrogen) atoms. The fourth-order valence-corrected chi connectivity index (χ4v) is 1.09. The molecule has 0 amide bonds. The minimum Gasteiger partial charge on any atom is -0.300 e. The average molecular weight is 274 g/mol. The van der Waals surface area contributed by atoms with Gasteiger partial charge in [0.05, 0.1) is 4.68 Å². The molecule has 2 aromatic rings. The highest BCUT2D eigenvalue weighted by molar-refractivity contribution is 8.93. The molecule has 0 bridgehead atoms. The summed E-state index contributed by atoms with van der Waals surface area (Å²) in [4.78, 5) is 42.4.